The van der Waals surface area contributed by atoms with Gasteiger partial charge in [0.1, 0.15) is 17.9 Å². The van der Waals surface area contributed by atoms with E-state index < -0.39 is 0 Å². The summed E-state index contributed by atoms with van der Waals surface area (Å²) in [4.78, 5) is 23.3. The van der Waals surface area contributed by atoms with Gasteiger partial charge in [0, 0.05) is 43.3 Å². The maximum Gasteiger partial charge on any atom is 0.247 e. The average molecular weight is 463 g/mol. The molecule has 1 fully saturated rings. The Balaban J connectivity index is 1.55. The lowest BCUT2D eigenvalue weighted by atomic mass is 10.1. The Morgan fingerprint density at radius 2 is 2.09 bits per heavy atom. The Labute approximate surface area is 199 Å². The largest absolute Gasteiger partial charge is 0.491 e. The molecule has 0 atom stereocenters. The molecule has 2 heterocycles. The number of nitrogens with zero attached hydrogens (tertiary/aromatic N) is 3. The van der Waals surface area contributed by atoms with Gasteiger partial charge in [-0.1, -0.05) is 18.7 Å². The number of anilines is 3. The van der Waals surface area contributed by atoms with Gasteiger partial charge in [0.05, 0.1) is 31.0 Å². The normalized spacial score (nSPS) is 14.0. The van der Waals surface area contributed by atoms with Crippen LogP contribution in [0.1, 0.15) is 12.0 Å². The van der Waals surface area contributed by atoms with E-state index in [1.54, 1.807) is 0 Å². The molecular weight excluding hydrogens is 432 g/mol. The van der Waals surface area contributed by atoms with Crippen LogP contribution in [0.3, 0.4) is 0 Å². The van der Waals surface area contributed by atoms with Gasteiger partial charge < -0.3 is 25.8 Å². The first-order chi connectivity index (χ1) is 16.7. The first kappa shape index (κ1) is 23.6. The first-order valence-electron chi connectivity index (χ1n) is 11.4. The Kier molecular flexibility index (Phi) is 8.03. The van der Waals surface area contributed by atoms with E-state index in [-0.39, 0.29) is 5.91 Å². The van der Waals surface area contributed by atoms with E-state index in [2.05, 4.69) is 32.1 Å². The van der Waals surface area contributed by atoms with Crippen LogP contribution in [0.5, 0.6) is 5.75 Å². The van der Waals surface area contributed by atoms with Crippen LogP contribution in [0, 0.1) is 0 Å². The van der Waals surface area contributed by atoms with E-state index in [1.165, 1.54) is 12.4 Å². The summed E-state index contributed by atoms with van der Waals surface area (Å²) in [5.41, 5.74) is 8.88. The molecule has 1 amide bonds. The Morgan fingerprint density at radius 1 is 1.24 bits per heavy atom. The summed E-state index contributed by atoms with van der Waals surface area (Å²) in [5.74, 6) is 0.853. The molecule has 1 aliphatic heterocycles. The van der Waals surface area contributed by atoms with Crippen molar-refractivity contribution in [2.24, 2.45) is 5.73 Å². The molecule has 1 aliphatic rings. The minimum Gasteiger partial charge on any atom is -0.491 e. The molecule has 9 heteroatoms. The predicted octanol–water partition coefficient (Wildman–Crippen LogP) is 3.06. The van der Waals surface area contributed by atoms with Gasteiger partial charge in [0.2, 0.25) is 5.91 Å². The molecule has 1 saturated heterocycles. The molecule has 0 radical (unpaired) electrons. The van der Waals surface area contributed by atoms with Gasteiger partial charge in [-0.25, -0.2) is 9.97 Å². The van der Waals surface area contributed by atoms with Crippen molar-refractivity contribution < 1.29 is 14.3 Å². The number of amides is 1. The molecule has 2 aromatic carbocycles. The maximum absolute atomic E-state index is 12.1. The van der Waals surface area contributed by atoms with Gasteiger partial charge in [0.15, 0.2) is 0 Å². The summed E-state index contributed by atoms with van der Waals surface area (Å²) in [7, 11) is 0. The number of nitrogens with two attached hydrogens (primary N) is 1. The van der Waals surface area contributed by atoms with Gasteiger partial charge in [0.25, 0.3) is 0 Å². The number of morpholine rings is 1. The molecule has 9 nitrogen and oxygen atoms in total. The molecule has 0 spiro atoms. The summed E-state index contributed by atoms with van der Waals surface area (Å²) < 4.78 is 11.5. The molecule has 4 N–H and O–H groups in total. The highest BCUT2D eigenvalue weighted by Gasteiger charge is 2.14. The van der Waals surface area contributed by atoms with E-state index >= 15 is 0 Å². The van der Waals surface area contributed by atoms with Crippen LogP contribution >= 0.6 is 0 Å². The third-order valence-corrected chi connectivity index (χ3v) is 5.59. The Bertz CT molecular complexity index is 1150. The molecule has 0 bridgehead atoms. The van der Waals surface area contributed by atoms with Crippen molar-refractivity contribution >= 4 is 34.0 Å². The second kappa shape index (κ2) is 11.6. The van der Waals surface area contributed by atoms with E-state index in [9.17, 15) is 4.79 Å². The van der Waals surface area contributed by atoms with Crippen molar-refractivity contribution in [1.29, 1.82) is 0 Å². The predicted molar refractivity (Wildman–Crippen MR) is 133 cm³/mol. The number of nitrogens with one attached hydrogen (secondary N) is 2. The molecular formula is C25H30N6O3. The summed E-state index contributed by atoms with van der Waals surface area (Å²) in [6.07, 6.45) is 3.59. The SMILES string of the molecule is C=CC(=O)Nc1cc2c(Nc3cccc(CN)c3)ncnc2cc1OCCCN1CCOCC1. The lowest BCUT2D eigenvalue weighted by molar-refractivity contribution is -0.111. The first-order valence-corrected chi connectivity index (χ1v) is 11.4. The zero-order valence-electron chi connectivity index (χ0n) is 19.1. The third-order valence-electron chi connectivity index (χ3n) is 5.59. The van der Waals surface area contributed by atoms with Crippen LogP contribution in [0.4, 0.5) is 17.2 Å². The number of benzene rings is 2. The fraction of sp³-hybridized carbons (Fsp3) is 0.320. The molecule has 3 aromatic rings. The molecule has 0 aliphatic carbocycles. The van der Waals surface area contributed by atoms with Crippen molar-refractivity contribution in [3.05, 3.63) is 60.9 Å². The van der Waals surface area contributed by atoms with Gasteiger partial charge in [-0.3, -0.25) is 9.69 Å². The summed E-state index contributed by atoms with van der Waals surface area (Å²) in [5, 5.41) is 6.92. The number of hydrogen-bond donors (Lipinski definition) is 3. The zero-order chi connectivity index (χ0) is 23.8. The molecule has 0 unspecified atom stereocenters. The lowest BCUT2D eigenvalue weighted by Crippen LogP contribution is -2.37. The Morgan fingerprint density at radius 3 is 2.88 bits per heavy atom. The summed E-state index contributed by atoms with van der Waals surface area (Å²) >= 11 is 0. The van der Waals surface area contributed by atoms with Gasteiger partial charge >= 0.3 is 0 Å². The number of carbonyl (C=O) groups excluding carboxylic acids is 1. The molecule has 178 valence electrons. The smallest absolute Gasteiger partial charge is 0.247 e. The van der Waals surface area contributed by atoms with Crippen LogP contribution in [0.25, 0.3) is 10.9 Å². The van der Waals surface area contributed by atoms with Crippen molar-refractivity contribution in [3.8, 4) is 5.75 Å². The van der Waals surface area contributed by atoms with Gasteiger partial charge in [-0.2, -0.15) is 0 Å². The number of ether oxygens (including phenoxy) is 2. The van der Waals surface area contributed by atoms with Crippen LogP contribution in [-0.4, -0.2) is 60.2 Å². The number of carbonyl (C=O) groups is 1. The number of rotatable bonds is 10. The van der Waals surface area contributed by atoms with E-state index in [0.29, 0.717) is 35.9 Å². The average Bonchev–Trinajstić information content (AvgIpc) is 2.87. The van der Waals surface area contributed by atoms with Crippen LogP contribution in [0.2, 0.25) is 0 Å². The van der Waals surface area contributed by atoms with Gasteiger partial charge in [-0.05, 0) is 36.3 Å². The topological polar surface area (TPSA) is 115 Å². The number of aromatic nitrogens is 2. The van der Waals surface area contributed by atoms with Crippen molar-refractivity contribution in [1.82, 2.24) is 14.9 Å². The minimum absolute atomic E-state index is 0.320. The van der Waals surface area contributed by atoms with Crippen molar-refractivity contribution in [2.75, 3.05) is 50.1 Å². The number of hydrogen-bond acceptors (Lipinski definition) is 8. The third kappa shape index (κ3) is 6.07. The fourth-order valence-corrected chi connectivity index (χ4v) is 3.79. The van der Waals surface area contributed by atoms with E-state index in [4.69, 9.17) is 15.2 Å². The minimum atomic E-state index is -0.320. The molecule has 1 aromatic heterocycles. The maximum atomic E-state index is 12.1. The van der Waals surface area contributed by atoms with Crippen molar-refractivity contribution in [2.45, 2.75) is 13.0 Å². The van der Waals surface area contributed by atoms with Crippen LogP contribution in [0.15, 0.2) is 55.4 Å². The van der Waals surface area contributed by atoms with Crippen LogP contribution < -0.4 is 21.1 Å². The monoisotopic (exact) mass is 462 g/mol. The van der Waals surface area contributed by atoms with Crippen molar-refractivity contribution in [3.63, 3.8) is 0 Å². The Hall–Kier alpha value is -3.53. The fourth-order valence-electron chi connectivity index (χ4n) is 3.79. The lowest BCUT2D eigenvalue weighted by Gasteiger charge is -2.26. The highest BCUT2D eigenvalue weighted by atomic mass is 16.5. The molecule has 34 heavy (non-hydrogen) atoms. The molecule has 4 rings (SSSR count). The summed E-state index contributed by atoms with van der Waals surface area (Å²) in [6.45, 7) is 8.88. The highest BCUT2D eigenvalue weighted by molar-refractivity contribution is 6.03. The second-order valence-electron chi connectivity index (χ2n) is 7.97. The van der Waals surface area contributed by atoms with E-state index in [1.807, 2.05) is 36.4 Å². The standard InChI is InChI=1S/C25H30N6O3/c1-2-24(32)30-22-14-20-21(15-23(22)34-10-4-7-31-8-11-33-12-9-31)27-17-28-25(20)29-19-6-3-5-18(13-19)16-26/h2-3,5-6,13-15,17H,1,4,7-12,16,26H2,(H,30,32)(H,27,28,29). The van der Waals surface area contributed by atoms with Gasteiger partial charge in [-0.15, -0.1) is 0 Å². The molecule has 0 saturated carbocycles. The van der Waals surface area contributed by atoms with E-state index in [0.717, 1.165) is 55.9 Å². The zero-order valence-corrected chi connectivity index (χ0v) is 19.1. The highest BCUT2D eigenvalue weighted by Crippen LogP contribution is 2.33. The quantitative estimate of drug-likeness (QED) is 0.311. The van der Waals surface area contributed by atoms with Crippen LogP contribution in [-0.2, 0) is 16.1 Å². The number of fused-ring (bicyclic) bond motifs is 1. The summed E-state index contributed by atoms with van der Waals surface area (Å²) in [6, 6.07) is 11.5. The second-order valence-corrected chi connectivity index (χ2v) is 7.97.